The number of aryl methyl sites for hydroxylation is 1. The lowest BCUT2D eigenvalue weighted by molar-refractivity contribution is 0.591. The lowest BCUT2D eigenvalue weighted by Gasteiger charge is -2.17. The van der Waals surface area contributed by atoms with E-state index in [-0.39, 0.29) is 5.54 Å². The van der Waals surface area contributed by atoms with E-state index in [4.69, 9.17) is 5.73 Å². The number of aromatic nitrogens is 1. The molecule has 0 aliphatic heterocycles. The Hall–Kier alpha value is -1.06. The van der Waals surface area contributed by atoms with E-state index in [1.807, 2.05) is 24.8 Å². The highest BCUT2D eigenvalue weighted by atomic mass is 32.2. The fourth-order valence-electron chi connectivity index (χ4n) is 1.94. The summed E-state index contributed by atoms with van der Waals surface area (Å²) >= 11 is 1.88. The zero-order chi connectivity index (χ0) is 13.2. The van der Waals surface area contributed by atoms with Gasteiger partial charge < -0.3 is 5.73 Å². The molecule has 3 heteroatoms. The average Bonchev–Trinajstić information content (AvgIpc) is 2.27. The number of pyridine rings is 1. The van der Waals surface area contributed by atoms with Crippen LogP contribution in [0.5, 0.6) is 0 Å². The van der Waals surface area contributed by atoms with E-state index < -0.39 is 0 Å². The summed E-state index contributed by atoms with van der Waals surface area (Å²) in [5.41, 5.74) is 9.42. The summed E-state index contributed by atoms with van der Waals surface area (Å²) in [7, 11) is 0. The van der Waals surface area contributed by atoms with Crippen LogP contribution in [0, 0.1) is 6.92 Å². The SMILES string of the molecule is Cc1cc(CSCC(C)(C)N)c2ccccc2n1. The van der Waals surface area contributed by atoms with Gasteiger partial charge in [-0.15, -0.1) is 0 Å². The standard InChI is InChI=1S/C15H20N2S/c1-11-8-12(9-18-10-15(2,3)16)13-6-4-5-7-14(13)17-11/h4-8H,9-10,16H2,1-3H3. The predicted octanol–water partition coefficient (Wildman–Crippen LogP) is 3.51. The van der Waals surface area contributed by atoms with E-state index in [1.165, 1.54) is 10.9 Å². The van der Waals surface area contributed by atoms with Crippen molar-refractivity contribution in [1.29, 1.82) is 0 Å². The van der Waals surface area contributed by atoms with Gasteiger partial charge in [0, 0.05) is 28.1 Å². The monoisotopic (exact) mass is 260 g/mol. The Morgan fingerprint density at radius 3 is 2.72 bits per heavy atom. The van der Waals surface area contributed by atoms with Gasteiger partial charge in [0.25, 0.3) is 0 Å². The number of hydrogen-bond donors (Lipinski definition) is 1. The van der Waals surface area contributed by atoms with Crippen LogP contribution < -0.4 is 5.73 Å². The van der Waals surface area contributed by atoms with Crippen LogP contribution in [-0.4, -0.2) is 16.3 Å². The molecule has 1 heterocycles. The van der Waals surface area contributed by atoms with Gasteiger partial charge in [0.2, 0.25) is 0 Å². The number of hydrogen-bond acceptors (Lipinski definition) is 3. The van der Waals surface area contributed by atoms with Crippen LogP contribution in [0.3, 0.4) is 0 Å². The zero-order valence-corrected chi connectivity index (χ0v) is 12.1. The van der Waals surface area contributed by atoms with Crippen LogP contribution in [-0.2, 0) is 5.75 Å². The molecule has 2 rings (SSSR count). The summed E-state index contributed by atoms with van der Waals surface area (Å²) in [5.74, 6) is 1.95. The van der Waals surface area contributed by atoms with Crippen molar-refractivity contribution in [2.75, 3.05) is 5.75 Å². The van der Waals surface area contributed by atoms with E-state index in [0.717, 1.165) is 22.7 Å². The van der Waals surface area contributed by atoms with Gasteiger partial charge >= 0.3 is 0 Å². The van der Waals surface area contributed by atoms with Gasteiger partial charge in [0.15, 0.2) is 0 Å². The van der Waals surface area contributed by atoms with Gasteiger partial charge in [-0.05, 0) is 38.5 Å². The first kappa shape index (κ1) is 13.4. The van der Waals surface area contributed by atoms with Crippen molar-refractivity contribution in [2.24, 2.45) is 5.73 Å². The molecule has 0 atom stereocenters. The summed E-state index contributed by atoms with van der Waals surface area (Å²) < 4.78 is 0. The number of rotatable bonds is 4. The first-order chi connectivity index (χ1) is 8.46. The van der Waals surface area contributed by atoms with Gasteiger partial charge in [-0.1, -0.05) is 18.2 Å². The Bertz CT molecular complexity index is 544. The van der Waals surface area contributed by atoms with E-state index in [9.17, 15) is 0 Å². The number of nitrogens with zero attached hydrogens (tertiary/aromatic N) is 1. The fourth-order valence-corrected chi connectivity index (χ4v) is 3.03. The molecule has 0 amide bonds. The highest BCUT2D eigenvalue weighted by Crippen LogP contribution is 2.23. The van der Waals surface area contributed by atoms with E-state index in [2.05, 4.69) is 43.1 Å². The van der Waals surface area contributed by atoms with Gasteiger partial charge in [-0.2, -0.15) is 11.8 Å². The third-order valence-electron chi connectivity index (χ3n) is 2.66. The minimum atomic E-state index is -0.109. The molecule has 0 saturated heterocycles. The molecule has 0 radical (unpaired) electrons. The van der Waals surface area contributed by atoms with Crippen molar-refractivity contribution < 1.29 is 0 Å². The van der Waals surface area contributed by atoms with Crippen LogP contribution in [0.2, 0.25) is 0 Å². The largest absolute Gasteiger partial charge is 0.325 e. The van der Waals surface area contributed by atoms with Crippen molar-refractivity contribution >= 4 is 22.7 Å². The summed E-state index contributed by atoms with van der Waals surface area (Å²) in [6.45, 7) is 6.18. The number of nitrogens with two attached hydrogens (primary N) is 1. The van der Waals surface area contributed by atoms with Crippen molar-refractivity contribution in [2.45, 2.75) is 32.1 Å². The Kier molecular flexibility index (Phi) is 3.93. The number of thioether (sulfide) groups is 1. The molecule has 96 valence electrons. The van der Waals surface area contributed by atoms with Gasteiger partial charge in [0.1, 0.15) is 0 Å². The second-order valence-electron chi connectivity index (χ2n) is 5.42. The molecule has 0 aliphatic rings. The minimum absolute atomic E-state index is 0.109. The van der Waals surface area contributed by atoms with Crippen molar-refractivity contribution in [3.05, 3.63) is 41.6 Å². The van der Waals surface area contributed by atoms with Crippen molar-refractivity contribution in [1.82, 2.24) is 4.98 Å². The van der Waals surface area contributed by atoms with Crippen LogP contribution in [0.15, 0.2) is 30.3 Å². The molecule has 0 saturated carbocycles. The van der Waals surface area contributed by atoms with Crippen LogP contribution >= 0.6 is 11.8 Å². The number of fused-ring (bicyclic) bond motifs is 1. The molecule has 2 aromatic rings. The lowest BCUT2D eigenvalue weighted by atomic mass is 10.1. The summed E-state index contributed by atoms with van der Waals surface area (Å²) in [6.07, 6.45) is 0. The molecule has 2 nitrogen and oxygen atoms in total. The third-order valence-corrected chi connectivity index (χ3v) is 4.12. The van der Waals surface area contributed by atoms with Gasteiger partial charge in [-0.3, -0.25) is 4.98 Å². The highest BCUT2D eigenvalue weighted by molar-refractivity contribution is 7.98. The lowest BCUT2D eigenvalue weighted by Crippen LogP contribution is -2.34. The highest BCUT2D eigenvalue weighted by Gasteiger charge is 2.11. The van der Waals surface area contributed by atoms with Crippen LogP contribution in [0.4, 0.5) is 0 Å². The quantitative estimate of drug-likeness (QED) is 0.914. The topological polar surface area (TPSA) is 38.9 Å². The van der Waals surface area contributed by atoms with Crippen molar-refractivity contribution in [3.8, 4) is 0 Å². The number of para-hydroxylation sites is 1. The van der Waals surface area contributed by atoms with Gasteiger partial charge in [0.05, 0.1) is 5.52 Å². The predicted molar refractivity (Wildman–Crippen MR) is 80.9 cm³/mol. The molecule has 0 bridgehead atoms. The van der Waals surface area contributed by atoms with Gasteiger partial charge in [-0.25, -0.2) is 0 Å². The Morgan fingerprint density at radius 1 is 1.28 bits per heavy atom. The smallest absolute Gasteiger partial charge is 0.0708 e. The number of benzene rings is 1. The average molecular weight is 260 g/mol. The summed E-state index contributed by atoms with van der Waals surface area (Å²) in [5, 5.41) is 1.26. The molecule has 0 spiro atoms. The van der Waals surface area contributed by atoms with E-state index >= 15 is 0 Å². The maximum absolute atomic E-state index is 6.01. The molecule has 2 N–H and O–H groups in total. The molecule has 0 aliphatic carbocycles. The molecule has 0 fully saturated rings. The first-order valence-electron chi connectivity index (χ1n) is 6.18. The Balaban J connectivity index is 2.22. The second-order valence-corrected chi connectivity index (χ2v) is 6.41. The van der Waals surface area contributed by atoms with E-state index in [0.29, 0.717) is 0 Å². The molecular weight excluding hydrogens is 240 g/mol. The normalized spacial score (nSPS) is 12.0. The molecule has 0 unspecified atom stereocenters. The molecule has 1 aromatic carbocycles. The Morgan fingerprint density at radius 2 is 2.00 bits per heavy atom. The maximum atomic E-state index is 6.01. The molecule has 1 aromatic heterocycles. The molecular formula is C15H20N2S. The van der Waals surface area contributed by atoms with Crippen molar-refractivity contribution in [3.63, 3.8) is 0 Å². The van der Waals surface area contributed by atoms with Crippen LogP contribution in [0.25, 0.3) is 10.9 Å². The first-order valence-corrected chi connectivity index (χ1v) is 7.33. The zero-order valence-electron chi connectivity index (χ0n) is 11.2. The third kappa shape index (κ3) is 3.47. The summed E-state index contributed by atoms with van der Waals surface area (Å²) in [4.78, 5) is 4.56. The summed E-state index contributed by atoms with van der Waals surface area (Å²) in [6, 6.07) is 10.5. The minimum Gasteiger partial charge on any atom is -0.325 e. The Labute approximate surface area is 113 Å². The fraction of sp³-hybridized carbons (Fsp3) is 0.400. The van der Waals surface area contributed by atoms with E-state index in [1.54, 1.807) is 0 Å². The van der Waals surface area contributed by atoms with Crippen LogP contribution in [0.1, 0.15) is 25.1 Å². The maximum Gasteiger partial charge on any atom is 0.0708 e. The molecule has 18 heavy (non-hydrogen) atoms. The second kappa shape index (κ2) is 5.29.